The summed E-state index contributed by atoms with van der Waals surface area (Å²) in [5.74, 6) is -0.122. The highest BCUT2D eigenvalue weighted by atomic mass is 32.2. The third-order valence-electron chi connectivity index (χ3n) is 5.06. The van der Waals surface area contributed by atoms with Gasteiger partial charge in [0.25, 0.3) is 5.91 Å². The van der Waals surface area contributed by atoms with Crippen molar-refractivity contribution in [3.05, 3.63) is 35.4 Å². The Morgan fingerprint density at radius 3 is 2.88 bits per heavy atom. The van der Waals surface area contributed by atoms with Gasteiger partial charge >= 0.3 is 0 Å². The fourth-order valence-corrected chi connectivity index (χ4v) is 6.02. The van der Waals surface area contributed by atoms with Crippen LogP contribution in [0.5, 0.6) is 0 Å². The first-order valence-corrected chi connectivity index (χ1v) is 9.68. The van der Waals surface area contributed by atoms with E-state index in [2.05, 4.69) is 0 Å². The standard InChI is InChI=1S/C17H20N2O4S/c1-2-23-10-15-6-7-24(21,22)17(15)11-19(12-17)16(20)14-5-3-4-13(8-14)9-18/h3-5,8,15H,2,6-7,10-12H2,1H3/t15-/m0/s1. The molecule has 2 saturated heterocycles. The molecule has 2 fully saturated rings. The van der Waals surface area contributed by atoms with Crippen molar-refractivity contribution in [3.63, 3.8) is 0 Å². The van der Waals surface area contributed by atoms with Gasteiger partial charge in [0.05, 0.1) is 24.0 Å². The van der Waals surface area contributed by atoms with E-state index in [4.69, 9.17) is 10.00 Å². The highest BCUT2D eigenvalue weighted by Gasteiger charge is 2.62. The summed E-state index contributed by atoms with van der Waals surface area (Å²) in [5.41, 5.74) is 0.833. The molecule has 7 heteroatoms. The number of carbonyl (C=O) groups excluding carboxylic acids is 1. The number of hydrogen-bond donors (Lipinski definition) is 0. The smallest absolute Gasteiger partial charge is 0.253 e. The van der Waals surface area contributed by atoms with E-state index in [0.29, 0.717) is 30.8 Å². The average molecular weight is 348 g/mol. The molecule has 0 radical (unpaired) electrons. The van der Waals surface area contributed by atoms with Gasteiger partial charge in [-0.25, -0.2) is 8.42 Å². The molecule has 0 bridgehead atoms. The van der Waals surface area contributed by atoms with Crippen LogP contribution in [0.25, 0.3) is 0 Å². The molecule has 24 heavy (non-hydrogen) atoms. The molecule has 128 valence electrons. The zero-order valence-corrected chi connectivity index (χ0v) is 14.4. The van der Waals surface area contributed by atoms with Crippen LogP contribution < -0.4 is 0 Å². The Morgan fingerprint density at radius 1 is 1.46 bits per heavy atom. The van der Waals surface area contributed by atoms with Gasteiger partial charge in [0.1, 0.15) is 4.75 Å². The number of benzene rings is 1. The first-order chi connectivity index (χ1) is 11.4. The predicted molar refractivity (Wildman–Crippen MR) is 88.2 cm³/mol. The van der Waals surface area contributed by atoms with Gasteiger partial charge in [0.2, 0.25) is 0 Å². The first-order valence-electron chi connectivity index (χ1n) is 8.03. The second-order valence-corrected chi connectivity index (χ2v) is 8.83. The summed E-state index contributed by atoms with van der Waals surface area (Å²) in [6, 6.07) is 8.48. The lowest BCUT2D eigenvalue weighted by Crippen LogP contribution is -2.68. The summed E-state index contributed by atoms with van der Waals surface area (Å²) in [7, 11) is -3.22. The lowest BCUT2D eigenvalue weighted by molar-refractivity contribution is 0.0271. The summed E-state index contributed by atoms with van der Waals surface area (Å²) < 4.78 is 29.6. The molecule has 3 rings (SSSR count). The van der Waals surface area contributed by atoms with Crippen LogP contribution in [-0.2, 0) is 14.6 Å². The van der Waals surface area contributed by atoms with Crippen LogP contribution in [0.4, 0.5) is 0 Å². The number of rotatable bonds is 4. The van der Waals surface area contributed by atoms with Crippen LogP contribution in [0.3, 0.4) is 0 Å². The van der Waals surface area contributed by atoms with Gasteiger partial charge in [-0.3, -0.25) is 4.79 Å². The van der Waals surface area contributed by atoms with E-state index in [-0.39, 0.29) is 30.7 Å². The Bertz CT molecular complexity index is 791. The van der Waals surface area contributed by atoms with Crippen LogP contribution in [0.1, 0.15) is 29.3 Å². The second-order valence-electron chi connectivity index (χ2n) is 6.38. The molecule has 1 spiro atoms. The molecule has 2 heterocycles. The number of nitriles is 1. The molecule has 0 aromatic heterocycles. The number of amides is 1. The lowest BCUT2D eigenvalue weighted by Gasteiger charge is -2.49. The quantitative estimate of drug-likeness (QED) is 0.816. The third-order valence-corrected chi connectivity index (χ3v) is 7.67. The molecular weight excluding hydrogens is 328 g/mol. The van der Waals surface area contributed by atoms with Crippen LogP contribution in [-0.4, -0.2) is 56.0 Å². The highest BCUT2D eigenvalue weighted by Crippen LogP contribution is 2.45. The van der Waals surface area contributed by atoms with Gasteiger partial charge in [-0.05, 0) is 31.5 Å². The zero-order chi connectivity index (χ0) is 17.4. The van der Waals surface area contributed by atoms with Gasteiger partial charge < -0.3 is 9.64 Å². The monoisotopic (exact) mass is 348 g/mol. The molecule has 0 saturated carbocycles. The minimum absolute atomic E-state index is 0.0584. The Hall–Kier alpha value is -1.91. The third kappa shape index (κ3) is 2.60. The number of likely N-dealkylation sites (tertiary alicyclic amines) is 1. The summed E-state index contributed by atoms with van der Waals surface area (Å²) in [6.07, 6.45) is 0.592. The molecule has 0 aliphatic carbocycles. The fourth-order valence-electron chi connectivity index (χ4n) is 3.62. The molecule has 6 nitrogen and oxygen atoms in total. The van der Waals surface area contributed by atoms with Crippen molar-refractivity contribution in [2.75, 3.05) is 32.1 Å². The Labute approximate surface area is 141 Å². The number of ether oxygens (including phenoxy) is 1. The topological polar surface area (TPSA) is 87.5 Å². The van der Waals surface area contributed by atoms with Crippen LogP contribution in [0.15, 0.2) is 24.3 Å². The zero-order valence-electron chi connectivity index (χ0n) is 13.6. The van der Waals surface area contributed by atoms with Gasteiger partial charge in [0.15, 0.2) is 9.84 Å². The minimum atomic E-state index is -3.22. The maximum atomic E-state index is 12.6. The molecule has 0 N–H and O–H groups in total. The number of hydrogen-bond acceptors (Lipinski definition) is 5. The largest absolute Gasteiger partial charge is 0.381 e. The Morgan fingerprint density at radius 2 is 2.21 bits per heavy atom. The summed E-state index contributed by atoms with van der Waals surface area (Å²) in [5, 5.41) is 8.94. The van der Waals surface area contributed by atoms with E-state index in [9.17, 15) is 13.2 Å². The van der Waals surface area contributed by atoms with E-state index in [1.807, 2.05) is 13.0 Å². The van der Waals surface area contributed by atoms with Crippen LogP contribution >= 0.6 is 0 Å². The van der Waals surface area contributed by atoms with Crippen molar-refractivity contribution in [2.45, 2.75) is 18.1 Å². The van der Waals surface area contributed by atoms with E-state index >= 15 is 0 Å². The number of carbonyl (C=O) groups is 1. The minimum Gasteiger partial charge on any atom is -0.381 e. The van der Waals surface area contributed by atoms with Crippen LogP contribution in [0.2, 0.25) is 0 Å². The maximum absolute atomic E-state index is 12.6. The van der Waals surface area contributed by atoms with Crippen molar-refractivity contribution in [2.24, 2.45) is 5.92 Å². The molecule has 1 atom stereocenters. The van der Waals surface area contributed by atoms with Gasteiger partial charge in [-0.15, -0.1) is 0 Å². The summed E-state index contributed by atoms with van der Waals surface area (Å²) in [4.78, 5) is 14.1. The summed E-state index contributed by atoms with van der Waals surface area (Å²) >= 11 is 0. The highest BCUT2D eigenvalue weighted by molar-refractivity contribution is 7.93. The van der Waals surface area contributed by atoms with Crippen LogP contribution in [0, 0.1) is 17.2 Å². The van der Waals surface area contributed by atoms with E-state index in [1.165, 1.54) is 6.07 Å². The van der Waals surface area contributed by atoms with Crippen molar-refractivity contribution >= 4 is 15.7 Å². The molecule has 1 aromatic carbocycles. The normalized spacial score (nSPS) is 23.7. The Balaban J connectivity index is 1.76. The molecule has 2 aliphatic heterocycles. The Kier molecular flexibility index (Phi) is 4.37. The number of sulfone groups is 1. The molecular formula is C17H20N2O4S. The number of nitrogens with zero attached hydrogens (tertiary/aromatic N) is 2. The van der Waals surface area contributed by atoms with Crippen molar-refractivity contribution in [1.82, 2.24) is 4.90 Å². The molecule has 0 unspecified atom stereocenters. The SMILES string of the molecule is CCOC[C@@H]1CCS(=O)(=O)C12CN(C(=O)c1cccc(C#N)c1)C2. The predicted octanol–water partition coefficient (Wildman–Crippen LogP) is 1.22. The van der Waals surface area contributed by atoms with Crippen molar-refractivity contribution < 1.29 is 17.9 Å². The fraction of sp³-hybridized carbons (Fsp3) is 0.529. The summed E-state index contributed by atoms with van der Waals surface area (Å²) in [6.45, 7) is 3.28. The molecule has 2 aliphatic rings. The lowest BCUT2D eigenvalue weighted by atomic mass is 9.83. The van der Waals surface area contributed by atoms with E-state index in [0.717, 1.165) is 0 Å². The van der Waals surface area contributed by atoms with E-state index < -0.39 is 14.6 Å². The molecule has 1 aromatic rings. The first kappa shape index (κ1) is 16.9. The van der Waals surface area contributed by atoms with Gasteiger partial charge in [0, 0.05) is 31.2 Å². The average Bonchev–Trinajstić information content (AvgIpc) is 2.81. The van der Waals surface area contributed by atoms with Crippen molar-refractivity contribution in [1.29, 1.82) is 5.26 Å². The van der Waals surface area contributed by atoms with Gasteiger partial charge in [-0.1, -0.05) is 6.07 Å². The molecule has 1 amide bonds. The second kappa shape index (κ2) is 6.19. The maximum Gasteiger partial charge on any atom is 0.253 e. The van der Waals surface area contributed by atoms with E-state index in [1.54, 1.807) is 23.1 Å². The van der Waals surface area contributed by atoms with Crippen molar-refractivity contribution in [3.8, 4) is 6.07 Å². The van der Waals surface area contributed by atoms with Gasteiger partial charge in [-0.2, -0.15) is 5.26 Å².